The van der Waals surface area contributed by atoms with Crippen LogP contribution in [0.15, 0.2) is 18.2 Å². The van der Waals surface area contributed by atoms with Crippen LogP contribution in [0.5, 0.6) is 0 Å². The molecule has 2 rings (SSSR count). The molecule has 1 heterocycles. The molecule has 0 aliphatic carbocycles. The van der Waals surface area contributed by atoms with Crippen LogP contribution in [-0.2, 0) is 4.79 Å². The van der Waals surface area contributed by atoms with Crippen LogP contribution >= 0.6 is 11.8 Å². The number of hydrogen-bond acceptors (Lipinski definition) is 4. The Balaban J connectivity index is 2.25. The average molecular weight is 298 g/mol. The van der Waals surface area contributed by atoms with Crippen molar-refractivity contribution >= 4 is 29.3 Å². The van der Waals surface area contributed by atoms with Gasteiger partial charge < -0.3 is 15.7 Å². The van der Waals surface area contributed by atoms with Crippen LogP contribution in [0.4, 0.5) is 10.1 Å². The predicted molar refractivity (Wildman–Crippen MR) is 75.2 cm³/mol. The van der Waals surface area contributed by atoms with E-state index >= 15 is 0 Å². The number of halogens is 1. The summed E-state index contributed by atoms with van der Waals surface area (Å²) < 4.78 is 13.3. The van der Waals surface area contributed by atoms with E-state index in [0.717, 1.165) is 11.8 Å². The van der Waals surface area contributed by atoms with Gasteiger partial charge in [-0.2, -0.15) is 11.8 Å². The predicted octanol–water partition coefficient (Wildman–Crippen LogP) is 1.44. The molecule has 7 heteroatoms. The van der Waals surface area contributed by atoms with Gasteiger partial charge in [0.15, 0.2) is 0 Å². The molecule has 1 unspecified atom stereocenters. The lowest BCUT2D eigenvalue weighted by molar-refractivity contribution is -0.138. The van der Waals surface area contributed by atoms with Crippen molar-refractivity contribution in [2.45, 2.75) is 12.5 Å². The number of carboxylic acid groups (broad SMARTS) is 1. The lowest BCUT2D eigenvalue weighted by atomic mass is 10.1. The summed E-state index contributed by atoms with van der Waals surface area (Å²) in [5.74, 6) is -0.607. The third kappa shape index (κ3) is 3.22. The third-order valence-electron chi connectivity index (χ3n) is 3.14. The number of nitrogens with two attached hydrogens (primary N) is 1. The summed E-state index contributed by atoms with van der Waals surface area (Å²) in [7, 11) is 0. The van der Waals surface area contributed by atoms with Crippen LogP contribution in [0.2, 0.25) is 0 Å². The SMILES string of the molecule is Nc1ccc(F)cc1C(=O)N1CCSCC1CC(=O)O. The Kier molecular flexibility index (Phi) is 4.49. The molecular formula is C13H15FN2O3S. The van der Waals surface area contributed by atoms with Gasteiger partial charge in [0.25, 0.3) is 5.91 Å². The number of carbonyl (C=O) groups is 2. The number of thioether (sulfide) groups is 1. The molecule has 3 N–H and O–H groups in total. The number of carbonyl (C=O) groups excluding carboxylic acids is 1. The Morgan fingerprint density at radius 3 is 2.95 bits per heavy atom. The monoisotopic (exact) mass is 298 g/mol. The maximum atomic E-state index is 13.3. The number of benzene rings is 1. The van der Waals surface area contributed by atoms with Crippen molar-refractivity contribution in [2.24, 2.45) is 0 Å². The van der Waals surface area contributed by atoms with Gasteiger partial charge in [-0.05, 0) is 18.2 Å². The number of anilines is 1. The van der Waals surface area contributed by atoms with Crippen molar-refractivity contribution in [3.8, 4) is 0 Å². The number of rotatable bonds is 3. The molecule has 5 nitrogen and oxygen atoms in total. The molecule has 1 aromatic rings. The minimum absolute atomic E-state index is 0.0901. The molecule has 1 aliphatic rings. The maximum absolute atomic E-state index is 13.3. The molecule has 1 atom stereocenters. The van der Waals surface area contributed by atoms with Gasteiger partial charge in [0.2, 0.25) is 0 Å². The summed E-state index contributed by atoms with van der Waals surface area (Å²) in [6.07, 6.45) is -0.117. The summed E-state index contributed by atoms with van der Waals surface area (Å²) in [6.45, 7) is 0.442. The van der Waals surface area contributed by atoms with Crippen molar-refractivity contribution in [3.63, 3.8) is 0 Å². The minimum atomic E-state index is -0.956. The van der Waals surface area contributed by atoms with Gasteiger partial charge in [0.1, 0.15) is 5.82 Å². The van der Waals surface area contributed by atoms with Gasteiger partial charge in [-0.1, -0.05) is 0 Å². The number of carboxylic acids is 1. The molecule has 0 aromatic heterocycles. The summed E-state index contributed by atoms with van der Waals surface area (Å²) in [6, 6.07) is 3.24. The minimum Gasteiger partial charge on any atom is -0.481 e. The van der Waals surface area contributed by atoms with E-state index < -0.39 is 17.7 Å². The van der Waals surface area contributed by atoms with Gasteiger partial charge in [0.05, 0.1) is 18.0 Å². The summed E-state index contributed by atoms with van der Waals surface area (Å²) in [4.78, 5) is 24.8. The lowest BCUT2D eigenvalue weighted by Crippen LogP contribution is -2.47. The van der Waals surface area contributed by atoms with E-state index in [4.69, 9.17) is 10.8 Å². The molecular weight excluding hydrogens is 283 g/mol. The van der Waals surface area contributed by atoms with Crippen LogP contribution in [0.3, 0.4) is 0 Å². The van der Waals surface area contributed by atoms with E-state index in [-0.39, 0.29) is 23.7 Å². The largest absolute Gasteiger partial charge is 0.481 e. The van der Waals surface area contributed by atoms with E-state index in [1.165, 1.54) is 17.0 Å². The lowest BCUT2D eigenvalue weighted by Gasteiger charge is -2.34. The van der Waals surface area contributed by atoms with Gasteiger partial charge in [0, 0.05) is 23.7 Å². The van der Waals surface area contributed by atoms with Gasteiger partial charge in [-0.15, -0.1) is 0 Å². The van der Waals surface area contributed by atoms with Gasteiger partial charge in [-0.25, -0.2) is 4.39 Å². The Labute approximate surface area is 119 Å². The second-order valence-corrected chi connectivity index (χ2v) is 5.71. The molecule has 20 heavy (non-hydrogen) atoms. The molecule has 1 amide bonds. The van der Waals surface area contributed by atoms with Crippen molar-refractivity contribution < 1.29 is 19.1 Å². The smallest absolute Gasteiger partial charge is 0.305 e. The molecule has 1 aromatic carbocycles. The Hall–Kier alpha value is -1.76. The van der Waals surface area contributed by atoms with Gasteiger partial charge in [-0.3, -0.25) is 9.59 Å². The highest BCUT2D eigenvalue weighted by Crippen LogP contribution is 2.23. The normalized spacial score (nSPS) is 18.9. The number of nitrogens with zero attached hydrogens (tertiary/aromatic N) is 1. The van der Waals surface area contributed by atoms with E-state index in [1.54, 1.807) is 11.8 Å². The summed E-state index contributed by atoms with van der Waals surface area (Å²) >= 11 is 1.61. The van der Waals surface area contributed by atoms with E-state index in [0.29, 0.717) is 12.3 Å². The number of nitrogen functional groups attached to an aromatic ring is 1. The van der Waals surface area contributed by atoms with Crippen molar-refractivity contribution in [1.29, 1.82) is 0 Å². The van der Waals surface area contributed by atoms with Crippen LogP contribution in [-0.4, -0.2) is 46.0 Å². The van der Waals surface area contributed by atoms with Crippen LogP contribution in [0, 0.1) is 5.82 Å². The second-order valence-electron chi connectivity index (χ2n) is 4.56. The highest BCUT2D eigenvalue weighted by atomic mass is 32.2. The molecule has 1 fully saturated rings. The Morgan fingerprint density at radius 2 is 2.25 bits per heavy atom. The van der Waals surface area contributed by atoms with Crippen molar-refractivity contribution in [3.05, 3.63) is 29.6 Å². The summed E-state index contributed by atoms with van der Waals surface area (Å²) in [5.41, 5.74) is 6.00. The number of amides is 1. The first-order chi connectivity index (χ1) is 9.49. The standard InChI is InChI=1S/C13H15FN2O3S/c14-8-1-2-11(15)10(5-8)13(19)16-3-4-20-7-9(16)6-12(17)18/h1-2,5,9H,3-4,6-7,15H2,(H,17,18). The Morgan fingerprint density at radius 1 is 1.50 bits per heavy atom. The quantitative estimate of drug-likeness (QED) is 0.825. The fraction of sp³-hybridized carbons (Fsp3) is 0.385. The molecule has 1 aliphatic heterocycles. The molecule has 0 radical (unpaired) electrons. The fourth-order valence-corrected chi connectivity index (χ4v) is 3.22. The van der Waals surface area contributed by atoms with Crippen LogP contribution in [0.25, 0.3) is 0 Å². The number of hydrogen-bond donors (Lipinski definition) is 2. The molecule has 0 spiro atoms. The Bertz CT molecular complexity index is 538. The fourth-order valence-electron chi connectivity index (χ4n) is 2.16. The van der Waals surface area contributed by atoms with Crippen LogP contribution in [0.1, 0.15) is 16.8 Å². The van der Waals surface area contributed by atoms with Crippen molar-refractivity contribution in [2.75, 3.05) is 23.8 Å². The van der Waals surface area contributed by atoms with E-state index in [1.807, 2.05) is 0 Å². The first-order valence-electron chi connectivity index (χ1n) is 6.14. The highest BCUT2D eigenvalue weighted by Gasteiger charge is 2.30. The van der Waals surface area contributed by atoms with E-state index in [9.17, 15) is 14.0 Å². The summed E-state index contributed by atoms with van der Waals surface area (Å²) in [5, 5.41) is 8.90. The zero-order valence-corrected chi connectivity index (χ0v) is 11.5. The number of aliphatic carboxylic acids is 1. The molecule has 108 valence electrons. The topological polar surface area (TPSA) is 83.6 Å². The zero-order chi connectivity index (χ0) is 14.7. The molecule has 0 bridgehead atoms. The second kappa shape index (κ2) is 6.13. The van der Waals surface area contributed by atoms with Crippen LogP contribution < -0.4 is 5.73 Å². The third-order valence-corrected chi connectivity index (χ3v) is 4.24. The van der Waals surface area contributed by atoms with Crippen molar-refractivity contribution in [1.82, 2.24) is 4.90 Å². The van der Waals surface area contributed by atoms with E-state index in [2.05, 4.69) is 0 Å². The molecule has 1 saturated heterocycles. The van der Waals surface area contributed by atoms with Gasteiger partial charge >= 0.3 is 5.97 Å². The first-order valence-corrected chi connectivity index (χ1v) is 7.30. The average Bonchev–Trinajstić information content (AvgIpc) is 2.41. The first kappa shape index (κ1) is 14.6. The highest BCUT2D eigenvalue weighted by molar-refractivity contribution is 7.99. The zero-order valence-electron chi connectivity index (χ0n) is 10.7. The molecule has 0 saturated carbocycles. The maximum Gasteiger partial charge on any atom is 0.305 e.